The van der Waals surface area contributed by atoms with Crippen molar-refractivity contribution in [2.75, 3.05) is 19.7 Å². The van der Waals surface area contributed by atoms with Crippen LogP contribution in [0.2, 0.25) is 5.02 Å². The molecule has 0 fully saturated rings. The third-order valence-corrected chi connectivity index (χ3v) is 3.91. The summed E-state index contributed by atoms with van der Waals surface area (Å²) in [6, 6.07) is 3.49. The molecular weight excluding hydrogens is 481 g/mol. The summed E-state index contributed by atoms with van der Waals surface area (Å²) in [6.45, 7) is 8.52. The van der Waals surface area contributed by atoms with Crippen molar-refractivity contribution in [2.45, 2.75) is 40.2 Å². The molecule has 7 nitrogen and oxygen atoms in total. The van der Waals surface area contributed by atoms with E-state index in [0.29, 0.717) is 30.6 Å². The van der Waals surface area contributed by atoms with Crippen molar-refractivity contribution in [3.63, 3.8) is 0 Å². The number of halogens is 2. The molecule has 0 radical (unpaired) electrons. The predicted octanol–water partition coefficient (Wildman–Crippen LogP) is 3.60. The molecule has 0 atom stereocenters. The van der Waals surface area contributed by atoms with Gasteiger partial charge in [-0.2, -0.15) is 0 Å². The molecule has 2 heterocycles. The summed E-state index contributed by atoms with van der Waals surface area (Å²) in [4.78, 5) is 8.73. The summed E-state index contributed by atoms with van der Waals surface area (Å²) in [6.07, 6.45) is 3.20. The molecule has 2 rings (SSSR count). The number of nitrogens with one attached hydrogen (secondary N) is 2. The zero-order chi connectivity index (χ0) is 18.8. The molecule has 0 bridgehead atoms. The van der Waals surface area contributed by atoms with Gasteiger partial charge in [0.1, 0.15) is 12.4 Å². The Kier molecular flexibility index (Phi) is 11.1. The highest BCUT2D eigenvalue weighted by atomic mass is 127. The second kappa shape index (κ2) is 12.8. The van der Waals surface area contributed by atoms with Gasteiger partial charge in [-0.3, -0.25) is 0 Å². The topological polar surface area (TPSA) is 84.6 Å². The van der Waals surface area contributed by atoms with Gasteiger partial charge in [-0.15, -0.1) is 24.0 Å². The summed E-state index contributed by atoms with van der Waals surface area (Å²) in [7, 11) is 0. The maximum atomic E-state index is 5.80. The Hall–Kier alpha value is -1.55. The van der Waals surface area contributed by atoms with Crippen molar-refractivity contribution < 1.29 is 9.26 Å². The van der Waals surface area contributed by atoms with Crippen LogP contribution in [-0.4, -0.2) is 35.8 Å². The van der Waals surface area contributed by atoms with Gasteiger partial charge in [0, 0.05) is 30.8 Å². The maximum absolute atomic E-state index is 5.80. The summed E-state index contributed by atoms with van der Waals surface area (Å²) >= 11 is 5.80. The summed E-state index contributed by atoms with van der Waals surface area (Å²) in [5, 5.41) is 11.2. The number of pyridine rings is 1. The Morgan fingerprint density at radius 3 is 2.67 bits per heavy atom. The Morgan fingerprint density at radius 2 is 2.04 bits per heavy atom. The molecule has 0 aliphatic heterocycles. The molecule has 2 aromatic rings. The third-order valence-electron chi connectivity index (χ3n) is 3.69. The quantitative estimate of drug-likeness (QED) is 0.234. The van der Waals surface area contributed by atoms with Crippen molar-refractivity contribution in [1.29, 1.82) is 0 Å². The number of aromatic nitrogens is 2. The molecule has 150 valence electrons. The second-order valence-corrected chi connectivity index (χ2v) is 5.96. The number of aliphatic imine (C=N–C) groups is 1. The van der Waals surface area contributed by atoms with E-state index in [-0.39, 0.29) is 24.0 Å². The minimum atomic E-state index is 0. The van der Waals surface area contributed by atoms with E-state index in [2.05, 4.69) is 39.6 Å². The lowest BCUT2D eigenvalue weighted by Gasteiger charge is -2.12. The molecule has 0 saturated heterocycles. The minimum Gasteiger partial charge on any atom is -0.476 e. The third kappa shape index (κ3) is 7.53. The highest BCUT2D eigenvalue weighted by Gasteiger charge is 2.13. The van der Waals surface area contributed by atoms with Crippen LogP contribution < -0.4 is 15.4 Å². The first-order valence-corrected chi connectivity index (χ1v) is 9.28. The van der Waals surface area contributed by atoms with Crippen LogP contribution in [0.1, 0.15) is 37.8 Å². The van der Waals surface area contributed by atoms with Gasteiger partial charge in [-0.25, -0.2) is 9.98 Å². The summed E-state index contributed by atoms with van der Waals surface area (Å²) < 4.78 is 11.0. The van der Waals surface area contributed by atoms with E-state index in [1.54, 1.807) is 18.3 Å². The number of nitrogens with zero attached hydrogens (tertiary/aromatic N) is 3. The maximum Gasteiger partial charge on any atom is 0.213 e. The Balaban J connectivity index is 0.00000364. The first kappa shape index (κ1) is 23.5. The molecule has 0 spiro atoms. The molecule has 27 heavy (non-hydrogen) atoms. The Morgan fingerprint density at radius 1 is 1.22 bits per heavy atom. The van der Waals surface area contributed by atoms with Gasteiger partial charge in [0.15, 0.2) is 5.96 Å². The lowest BCUT2D eigenvalue weighted by molar-refractivity contribution is 0.309. The molecule has 0 amide bonds. The first-order valence-electron chi connectivity index (χ1n) is 8.90. The van der Waals surface area contributed by atoms with Crippen LogP contribution >= 0.6 is 35.6 Å². The number of aryl methyl sites for hydroxylation is 2. The molecule has 2 aromatic heterocycles. The van der Waals surface area contributed by atoms with Crippen LogP contribution in [0.4, 0.5) is 0 Å². The predicted molar refractivity (Wildman–Crippen MR) is 118 cm³/mol. The average Bonchev–Trinajstić information content (AvgIpc) is 3.06. The molecular formula is C18H27ClIN5O2. The van der Waals surface area contributed by atoms with Gasteiger partial charge >= 0.3 is 0 Å². The Bertz CT molecular complexity index is 685. The van der Waals surface area contributed by atoms with Crippen molar-refractivity contribution in [3.8, 4) is 5.88 Å². The van der Waals surface area contributed by atoms with Crippen LogP contribution in [0.3, 0.4) is 0 Å². The zero-order valence-corrected chi connectivity index (χ0v) is 19.0. The smallest absolute Gasteiger partial charge is 0.213 e. The number of rotatable bonds is 9. The molecule has 0 unspecified atom stereocenters. The number of hydrogen-bond donors (Lipinski definition) is 2. The van der Waals surface area contributed by atoms with E-state index < -0.39 is 0 Å². The molecule has 9 heteroatoms. The van der Waals surface area contributed by atoms with E-state index in [1.807, 2.05) is 6.92 Å². The molecule has 0 aromatic carbocycles. The fourth-order valence-electron chi connectivity index (χ4n) is 2.39. The minimum absolute atomic E-state index is 0. The highest BCUT2D eigenvalue weighted by Crippen LogP contribution is 2.16. The van der Waals surface area contributed by atoms with Gasteiger partial charge in [-0.05, 0) is 19.4 Å². The van der Waals surface area contributed by atoms with Gasteiger partial charge in [0.05, 0.1) is 23.8 Å². The van der Waals surface area contributed by atoms with Crippen molar-refractivity contribution in [3.05, 3.63) is 40.4 Å². The number of guanidine groups is 1. The van der Waals surface area contributed by atoms with Crippen molar-refractivity contribution in [2.24, 2.45) is 4.99 Å². The van der Waals surface area contributed by atoms with Gasteiger partial charge in [0.25, 0.3) is 0 Å². The molecule has 0 aliphatic rings. The fraction of sp³-hybridized carbons (Fsp3) is 0.500. The average molecular weight is 508 g/mol. The van der Waals surface area contributed by atoms with Crippen LogP contribution in [0.15, 0.2) is 27.8 Å². The largest absolute Gasteiger partial charge is 0.476 e. The number of hydrogen-bond acceptors (Lipinski definition) is 5. The molecule has 0 saturated carbocycles. The van der Waals surface area contributed by atoms with E-state index in [1.165, 1.54) is 0 Å². The molecule has 2 N–H and O–H groups in total. The second-order valence-electron chi connectivity index (χ2n) is 5.52. The van der Waals surface area contributed by atoms with Gasteiger partial charge in [0.2, 0.25) is 5.88 Å². The van der Waals surface area contributed by atoms with E-state index in [4.69, 9.17) is 20.9 Å². The van der Waals surface area contributed by atoms with Gasteiger partial charge < -0.3 is 19.9 Å². The van der Waals surface area contributed by atoms with E-state index in [0.717, 1.165) is 42.4 Å². The fourth-order valence-corrected chi connectivity index (χ4v) is 2.50. The number of ether oxygens (including phenoxy) is 1. The van der Waals surface area contributed by atoms with Crippen LogP contribution in [0, 0.1) is 0 Å². The lowest BCUT2D eigenvalue weighted by atomic mass is 10.1. The SMILES string of the molecule is CCNC(=NCc1c(CC)noc1CC)NCCOc1ccc(Cl)cn1.I. The van der Waals surface area contributed by atoms with Crippen LogP contribution in [0.25, 0.3) is 0 Å². The van der Waals surface area contributed by atoms with Crippen molar-refractivity contribution >= 4 is 41.5 Å². The van der Waals surface area contributed by atoms with Gasteiger partial charge in [-0.1, -0.05) is 30.6 Å². The van der Waals surface area contributed by atoms with Crippen molar-refractivity contribution in [1.82, 2.24) is 20.8 Å². The van der Waals surface area contributed by atoms with E-state index in [9.17, 15) is 0 Å². The van der Waals surface area contributed by atoms with Crippen LogP contribution in [-0.2, 0) is 19.4 Å². The summed E-state index contributed by atoms with van der Waals surface area (Å²) in [5.74, 6) is 2.17. The lowest BCUT2D eigenvalue weighted by Crippen LogP contribution is -2.39. The molecule has 0 aliphatic carbocycles. The van der Waals surface area contributed by atoms with Crippen LogP contribution in [0.5, 0.6) is 5.88 Å². The summed E-state index contributed by atoms with van der Waals surface area (Å²) in [5.41, 5.74) is 2.05. The first-order chi connectivity index (χ1) is 12.7. The standard InChI is InChI=1S/C18H26ClN5O2.HI/c1-4-15-14(16(5-2)26-24-15)12-23-18(20-6-3)21-9-10-25-17-8-7-13(19)11-22-17;/h7-8,11H,4-6,9-10,12H2,1-3H3,(H2,20,21,23);1H. The Labute approximate surface area is 182 Å². The normalized spacial score (nSPS) is 11.0. The zero-order valence-electron chi connectivity index (χ0n) is 15.9. The monoisotopic (exact) mass is 507 g/mol. The van der Waals surface area contributed by atoms with E-state index >= 15 is 0 Å². The highest BCUT2D eigenvalue weighted by molar-refractivity contribution is 14.0.